The molecule has 1 aromatic carbocycles. The van der Waals surface area contributed by atoms with Crippen molar-refractivity contribution in [3.63, 3.8) is 0 Å². The molecule has 0 aliphatic rings. The Balaban J connectivity index is 2.55. The lowest BCUT2D eigenvalue weighted by atomic mass is 10.2. The third kappa shape index (κ3) is 1.97. The summed E-state index contributed by atoms with van der Waals surface area (Å²) in [6.45, 7) is 0. The first-order chi connectivity index (χ1) is 7.09. The van der Waals surface area contributed by atoms with Crippen molar-refractivity contribution in [1.29, 1.82) is 0 Å². The molecular formula is C9H5BrCl2N2O. The van der Waals surface area contributed by atoms with Crippen molar-refractivity contribution < 1.29 is 4.52 Å². The number of nitrogens with two attached hydrogens (primary N) is 1. The standard InChI is InChI=1S/C9H5BrCl2N2O/c10-7-8(15-14-9(7)13)4-1-2-5(11)6(12)3-4/h1-3H,(H2,13,14). The minimum Gasteiger partial charge on any atom is -0.380 e. The zero-order valence-corrected chi connectivity index (χ0v) is 10.4. The molecule has 1 aromatic heterocycles. The number of benzene rings is 1. The number of anilines is 1. The minimum absolute atomic E-state index is 0.302. The summed E-state index contributed by atoms with van der Waals surface area (Å²) in [4.78, 5) is 0. The van der Waals surface area contributed by atoms with Crippen molar-refractivity contribution in [2.75, 3.05) is 5.73 Å². The Morgan fingerprint density at radius 2 is 2.00 bits per heavy atom. The van der Waals surface area contributed by atoms with Gasteiger partial charge in [-0.2, -0.15) is 0 Å². The van der Waals surface area contributed by atoms with E-state index in [0.717, 1.165) is 5.56 Å². The molecule has 0 saturated carbocycles. The van der Waals surface area contributed by atoms with Crippen molar-refractivity contribution >= 4 is 44.9 Å². The molecule has 0 saturated heterocycles. The van der Waals surface area contributed by atoms with E-state index in [1.165, 1.54) is 0 Å². The highest BCUT2D eigenvalue weighted by atomic mass is 79.9. The van der Waals surface area contributed by atoms with Gasteiger partial charge >= 0.3 is 0 Å². The van der Waals surface area contributed by atoms with Crippen molar-refractivity contribution in [2.45, 2.75) is 0 Å². The van der Waals surface area contributed by atoms with Crippen molar-refractivity contribution in [1.82, 2.24) is 5.16 Å². The molecule has 0 aliphatic carbocycles. The van der Waals surface area contributed by atoms with Crippen LogP contribution in [0, 0.1) is 0 Å². The molecule has 2 rings (SSSR count). The van der Waals surface area contributed by atoms with E-state index in [9.17, 15) is 0 Å². The van der Waals surface area contributed by atoms with Crippen LogP contribution >= 0.6 is 39.1 Å². The molecule has 78 valence electrons. The molecule has 0 radical (unpaired) electrons. The van der Waals surface area contributed by atoms with E-state index in [4.69, 9.17) is 33.5 Å². The second kappa shape index (κ2) is 4.04. The molecule has 0 aliphatic heterocycles. The normalized spacial score (nSPS) is 10.6. The number of nitrogen functional groups attached to an aromatic ring is 1. The number of rotatable bonds is 1. The molecule has 15 heavy (non-hydrogen) atoms. The number of halogens is 3. The third-order valence-corrected chi connectivity index (χ3v) is 3.35. The van der Waals surface area contributed by atoms with Crippen LogP contribution in [0.15, 0.2) is 27.2 Å². The summed E-state index contributed by atoms with van der Waals surface area (Å²) in [6, 6.07) is 5.15. The molecule has 0 bridgehead atoms. The van der Waals surface area contributed by atoms with Gasteiger partial charge in [-0.05, 0) is 34.1 Å². The fraction of sp³-hybridized carbons (Fsp3) is 0. The van der Waals surface area contributed by atoms with Gasteiger partial charge in [0.25, 0.3) is 0 Å². The maximum absolute atomic E-state index is 5.88. The van der Waals surface area contributed by atoms with Gasteiger partial charge < -0.3 is 10.3 Å². The zero-order valence-electron chi connectivity index (χ0n) is 7.30. The van der Waals surface area contributed by atoms with Crippen molar-refractivity contribution in [2.24, 2.45) is 0 Å². The summed E-state index contributed by atoms with van der Waals surface area (Å²) in [5.41, 5.74) is 6.30. The minimum atomic E-state index is 0.302. The van der Waals surface area contributed by atoms with Gasteiger partial charge in [-0.25, -0.2) is 0 Å². The first-order valence-corrected chi connectivity index (χ1v) is 5.50. The molecule has 0 amide bonds. The lowest BCUT2D eigenvalue weighted by Gasteiger charge is -1.99. The maximum atomic E-state index is 5.88. The Labute approximate surface area is 104 Å². The predicted molar refractivity (Wildman–Crippen MR) is 64.1 cm³/mol. The van der Waals surface area contributed by atoms with Crippen LogP contribution in [-0.4, -0.2) is 5.16 Å². The fourth-order valence-electron chi connectivity index (χ4n) is 1.11. The summed E-state index contributed by atoms with van der Waals surface area (Å²) >= 11 is 15.0. The molecule has 0 spiro atoms. The third-order valence-electron chi connectivity index (χ3n) is 1.84. The Morgan fingerprint density at radius 3 is 2.53 bits per heavy atom. The van der Waals surface area contributed by atoms with Gasteiger partial charge in [-0.1, -0.05) is 28.4 Å². The van der Waals surface area contributed by atoms with Gasteiger partial charge in [0, 0.05) is 5.56 Å². The van der Waals surface area contributed by atoms with Gasteiger partial charge in [-0.15, -0.1) is 0 Å². The Morgan fingerprint density at radius 1 is 1.27 bits per heavy atom. The van der Waals surface area contributed by atoms with E-state index < -0.39 is 0 Å². The lowest BCUT2D eigenvalue weighted by Crippen LogP contribution is -1.83. The van der Waals surface area contributed by atoms with Gasteiger partial charge in [-0.3, -0.25) is 0 Å². The zero-order chi connectivity index (χ0) is 11.0. The van der Waals surface area contributed by atoms with E-state index in [2.05, 4.69) is 21.1 Å². The molecule has 2 N–H and O–H groups in total. The summed E-state index contributed by atoms with van der Waals surface area (Å²) in [6.07, 6.45) is 0. The number of aromatic nitrogens is 1. The molecule has 1 heterocycles. The van der Waals surface area contributed by atoms with Gasteiger partial charge in [0.05, 0.1) is 10.0 Å². The highest BCUT2D eigenvalue weighted by Crippen LogP contribution is 2.35. The molecule has 2 aromatic rings. The van der Waals surface area contributed by atoms with E-state index in [1.807, 2.05) is 0 Å². The van der Waals surface area contributed by atoms with Crippen LogP contribution in [0.4, 0.5) is 5.82 Å². The van der Waals surface area contributed by atoms with Crippen molar-refractivity contribution in [3.8, 4) is 11.3 Å². The maximum Gasteiger partial charge on any atom is 0.183 e. The molecule has 0 fully saturated rings. The van der Waals surface area contributed by atoms with E-state index >= 15 is 0 Å². The summed E-state index contributed by atoms with van der Waals surface area (Å²) < 4.78 is 5.66. The Kier molecular flexibility index (Phi) is 2.91. The van der Waals surface area contributed by atoms with Gasteiger partial charge in [0.1, 0.15) is 4.47 Å². The van der Waals surface area contributed by atoms with Crippen LogP contribution in [0.1, 0.15) is 0 Å². The Bertz CT molecular complexity index is 513. The predicted octanol–water partition coefficient (Wildman–Crippen LogP) is 3.99. The van der Waals surface area contributed by atoms with Gasteiger partial charge in [0.2, 0.25) is 0 Å². The van der Waals surface area contributed by atoms with Crippen LogP contribution in [0.25, 0.3) is 11.3 Å². The monoisotopic (exact) mass is 306 g/mol. The number of hydrogen-bond acceptors (Lipinski definition) is 3. The molecular weight excluding hydrogens is 303 g/mol. The molecule has 3 nitrogen and oxygen atoms in total. The average molecular weight is 308 g/mol. The number of hydrogen-bond donors (Lipinski definition) is 1. The number of nitrogens with zero attached hydrogens (tertiary/aromatic N) is 1. The van der Waals surface area contributed by atoms with Crippen LogP contribution < -0.4 is 5.73 Å². The van der Waals surface area contributed by atoms with E-state index in [1.54, 1.807) is 18.2 Å². The van der Waals surface area contributed by atoms with Gasteiger partial charge in [0.15, 0.2) is 11.6 Å². The Hall–Kier alpha value is -0.710. The van der Waals surface area contributed by atoms with Crippen LogP contribution in [0.5, 0.6) is 0 Å². The first-order valence-electron chi connectivity index (χ1n) is 3.95. The van der Waals surface area contributed by atoms with Crippen LogP contribution in [-0.2, 0) is 0 Å². The summed E-state index contributed by atoms with van der Waals surface area (Å²) in [5, 5.41) is 4.57. The molecule has 0 atom stereocenters. The summed E-state index contributed by atoms with van der Waals surface area (Å²) in [7, 11) is 0. The summed E-state index contributed by atoms with van der Waals surface area (Å²) in [5.74, 6) is 0.835. The highest BCUT2D eigenvalue weighted by molar-refractivity contribution is 9.10. The largest absolute Gasteiger partial charge is 0.380 e. The first kappa shape index (κ1) is 10.8. The SMILES string of the molecule is Nc1noc(-c2ccc(Cl)c(Cl)c2)c1Br. The van der Waals surface area contributed by atoms with Crippen LogP contribution in [0.3, 0.4) is 0 Å². The van der Waals surface area contributed by atoms with E-state index in [0.29, 0.717) is 26.1 Å². The second-order valence-electron chi connectivity index (χ2n) is 2.84. The highest BCUT2D eigenvalue weighted by Gasteiger charge is 2.13. The van der Waals surface area contributed by atoms with Crippen molar-refractivity contribution in [3.05, 3.63) is 32.7 Å². The quantitative estimate of drug-likeness (QED) is 0.866. The topological polar surface area (TPSA) is 52.0 Å². The van der Waals surface area contributed by atoms with Crippen LogP contribution in [0.2, 0.25) is 10.0 Å². The molecule has 6 heteroatoms. The van der Waals surface area contributed by atoms with E-state index in [-0.39, 0.29) is 0 Å². The smallest absolute Gasteiger partial charge is 0.183 e. The average Bonchev–Trinajstić information content (AvgIpc) is 2.53. The second-order valence-corrected chi connectivity index (χ2v) is 4.45. The lowest BCUT2D eigenvalue weighted by molar-refractivity contribution is 0.435. The molecule has 0 unspecified atom stereocenters. The fourth-order valence-corrected chi connectivity index (χ4v) is 1.78.